The van der Waals surface area contributed by atoms with Gasteiger partial charge >= 0.3 is 5.97 Å². The minimum atomic E-state index is -0.573. The number of rotatable bonds is 6. The van der Waals surface area contributed by atoms with E-state index in [1.807, 2.05) is 7.05 Å². The second kappa shape index (κ2) is 8.15. The highest BCUT2D eigenvalue weighted by Crippen LogP contribution is 2.24. The average Bonchev–Trinajstić information content (AvgIpc) is 2.37. The first-order valence-electron chi connectivity index (χ1n) is 7.06. The van der Waals surface area contributed by atoms with E-state index in [4.69, 9.17) is 4.74 Å². The molecule has 1 aliphatic carbocycles. The van der Waals surface area contributed by atoms with Crippen molar-refractivity contribution in [3.63, 3.8) is 0 Å². The highest BCUT2D eigenvalue weighted by molar-refractivity contribution is 5.83. The monoisotopic (exact) mass is 270 g/mol. The first kappa shape index (κ1) is 16.0. The summed E-state index contributed by atoms with van der Waals surface area (Å²) in [4.78, 5) is 24.8. The lowest BCUT2D eigenvalue weighted by atomic mass is 9.89. The molecule has 1 atom stereocenters. The third kappa shape index (κ3) is 6.05. The Hall–Kier alpha value is -1.10. The second-order valence-electron chi connectivity index (χ2n) is 5.50. The molecule has 1 saturated carbocycles. The van der Waals surface area contributed by atoms with Gasteiger partial charge in [0.05, 0.1) is 7.11 Å². The van der Waals surface area contributed by atoms with Crippen molar-refractivity contribution in [1.29, 1.82) is 0 Å². The molecule has 0 radical (unpaired) electrons. The molecule has 5 heteroatoms. The van der Waals surface area contributed by atoms with Gasteiger partial charge in [0.25, 0.3) is 0 Å². The van der Waals surface area contributed by atoms with E-state index in [2.05, 4.69) is 10.2 Å². The Morgan fingerprint density at radius 3 is 2.47 bits per heavy atom. The van der Waals surface area contributed by atoms with E-state index in [0.717, 1.165) is 12.5 Å². The van der Waals surface area contributed by atoms with Gasteiger partial charge in [0.1, 0.15) is 6.04 Å². The molecule has 1 unspecified atom stereocenters. The van der Waals surface area contributed by atoms with Gasteiger partial charge in [-0.1, -0.05) is 19.3 Å². The van der Waals surface area contributed by atoms with Crippen LogP contribution in [-0.2, 0) is 14.3 Å². The molecule has 1 rings (SSSR count). The Morgan fingerprint density at radius 1 is 1.32 bits per heavy atom. The number of likely N-dealkylation sites (N-methyl/N-ethyl adjacent to an activating group) is 1. The zero-order valence-corrected chi connectivity index (χ0v) is 12.3. The van der Waals surface area contributed by atoms with Crippen molar-refractivity contribution in [3.8, 4) is 0 Å². The summed E-state index contributed by atoms with van der Waals surface area (Å²) in [7, 11) is 3.34. The summed E-state index contributed by atoms with van der Waals surface area (Å²) >= 11 is 0. The van der Waals surface area contributed by atoms with E-state index >= 15 is 0 Å². The SMILES string of the molecule is COC(=O)C(CN(C)CC1CCCCC1)NC(C)=O. The summed E-state index contributed by atoms with van der Waals surface area (Å²) in [5, 5.41) is 2.64. The predicted octanol–water partition coefficient (Wildman–Crippen LogP) is 1.18. The van der Waals surface area contributed by atoms with Crippen molar-refractivity contribution in [3.05, 3.63) is 0 Å². The van der Waals surface area contributed by atoms with E-state index in [0.29, 0.717) is 6.54 Å². The van der Waals surface area contributed by atoms with Crippen LogP contribution in [-0.4, -0.2) is 50.1 Å². The normalized spacial score (nSPS) is 18.1. The molecule has 1 fully saturated rings. The Labute approximate surface area is 115 Å². The van der Waals surface area contributed by atoms with Gasteiger partial charge in [-0.15, -0.1) is 0 Å². The summed E-state index contributed by atoms with van der Waals surface area (Å²) in [5.41, 5.74) is 0. The molecule has 0 spiro atoms. The molecule has 1 amide bonds. The van der Waals surface area contributed by atoms with Crippen LogP contribution >= 0.6 is 0 Å². The number of carbonyl (C=O) groups is 2. The molecular formula is C14H26N2O3. The molecule has 1 N–H and O–H groups in total. The summed E-state index contributed by atoms with van der Waals surface area (Å²) in [6, 6.07) is -0.573. The fraction of sp³-hybridized carbons (Fsp3) is 0.857. The number of hydrogen-bond acceptors (Lipinski definition) is 4. The van der Waals surface area contributed by atoms with Gasteiger partial charge in [-0.3, -0.25) is 4.79 Å². The van der Waals surface area contributed by atoms with Gasteiger partial charge in [-0.25, -0.2) is 4.79 Å². The van der Waals surface area contributed by atoms with Crippen LogP contribution in [0.3, 0.4) is 0 Å². The minimum absolute atomic E-state index is 0.207. The van der Waals surface area contributed by atoms with Gasteiger partial charge in [-0.2, -0.15) is 0 Å². The Bertz CT molecular complexity index is 301. The molecule has 0 aromatic carbocycles. The lowest BCUT2D eigenvalue weighted by Crippen LogP contribution is -2.48. The molecule has 0 bridgehead atoms. The van der Waals surface area contributed by atoms with Crippen molar-refractivity contribution in [1.82, 2.24) is 10.2 Å². The molecule has 0 saturated heterocycles. The second-order valence-corrected chi connectivity index (χ2v) is 5.50. The standard InChI is InChI=1S/C14H26N2O3/c1-11(17)15-13(14(18)19-3)10-16(2)9-12-7-5-4-6-8-12/h12-13H,4-10H2,1-3H3,(H,15,17). The predicted molar refractivity (Wildman–Crippen MR) is 73.7 cm³/mol. The van der Waals surface area contributed by atoms with Crippen LogP contribution in [0.25, 0.3) is 0 Å². The quantitative estimate of drug-likeness (QED) is 0.736. The number of esters is 1. The van der Waals surface area contributed by atoms with Gasteiger partial charge in [-0.05, 0) is 25.8 Å². The van der Waals surface area contributed by atoms with Crippen LogP contribution in [0.15, 0.2) is 0 Å². The highest BCUT2D eigenvalue weighted by atomic mass is 16.5. The summed E-state index contributed by atoms with van der Waals surface area (Å²) in [6.07, 6.45) is 6.51. The highest BCUT2D eigenvalue weighted by Gasteiger charge is 2.23. The molecule has 0 heterocycles. The number of carbonyl (C=O) groups excluding carboxylic acids is 2. The molecule has 110 valence electrons. The van der Waals surface area contributed by atoms with Crippen molar-refractivity contribution in [2.45, 2.75) is 45.1 Å². The molecular weight excluding hydrogens is 244 g/mol. The fourth-order valence-electron chi connectivity index (χ4n) is 2.76. The maximum absolute atomic E-state index is 11.6. The third-order valence-corrected chi connectivity index (χ3v) is 3.65. The van der Waals surface area contributed by atoms with E-state index in [1.54, 1.807) is 0 Å². The van der Waals surface area contributed by atoms with Crippen LogP contribution in [0.4, 0.5) is 0 Å². The topological polar surface area (TPSA) is 58.6 Å². The van der Waals surface area contributed by atoms with Gasteiger partial charge in [0, 0.05) is 20.0 Å². The van der Waals surface area contributed by atoms with Crippen molar-refractivity contribution in [2.75, 3.05) is 27.2 Å². The third-order valence-electron chi connectivity index (χ3n) is 3.65. The smallest absolute Gasteiger partial charge is 0.329 e. The van der Waals surface area contributed by atoms with Crippen molar-refractivity contribution >= 4 is 11.9 Å². The number of nitrogens with zero attached hydrogens (tertiary/aromatic N) is 1. The molecule has 0 aromatic rings. The number of methoxy groups -OCH3 is 1. The molecule has 5 nitrogen and oxygen atoms in total. The largest absolute Gasteiger partial charge is 0.467 e. The first-order valence-corrected chi connectivity index (χ1v) is 7.06. The van der Waals surface area contributed by atoms with Crippen LogP contribution in [0.1, 0.15) is 39.0 Å². The van der Waals surface area contributed by atoms with E-state index in [9.17, 15) is 9.59 Å². The Morgan fingerprint density at radius 2 is 1.95 bits per heavy atom. The number of hydrogen-bond donors (Lipinski definition) is 1. The maximum Gasteiger partial charge on any atom is 0.329 e. The molecule has 0 aliphatic heterocycles. The lowest BCUT2D eigenvalue weighted by molar-refractivity contribution is -0.145. The zero-order chi connectivity index (χ0) is 14.3. The van der Waals surface area contributed by atoms with Crippen LogP contribution in [0, 0.1) is 5.92 Å². The van der Waals surface area contributed by atoms with Crippen molar-refractivity contribution < 1.29 is 14.3 Å². The van der Waals surface area contributed by atoms with Crippen LogP contribution < -0.4 is 5.32 Å². The zero-order valence-electron chi connectivity index (χ0n) is 12.3. The molecule has 19 heavy (non-hydrogen) atoms. The van der Waals surface area contributed by atoms with E-state index in [-0.39, 0.29) is 11.9 Å². The molecule has 0 aromatic heterocycles. The van der Waals surface area contributed by atoms with Gasteiger partial charge < -0.3 is 15.0 Å². The van der Waals surface area contributed by atoms with Crippen LogP contribution in [0.2, 0.25) is 0 Å². The Balaban J connectivity index is 2.42. The summed E-state index contributed by atoms with van der Waals surface area (Å²) in [6.45, 7) is 2.90. The van der Waals surface area contributed by atoms with Crippen LogP contribution in [0.5, 0.6) is 0 Å². The number of amides is 1. The number of ether oxygens (including phenoxy) is 1. The lowest BCUT2D eigenvalue weighted by Gasteiger charge is -2.29. The molecule has 1 aliphatic rings. The Kier molecular flexibility index (Phi) is 6.84. The first-order chi connectivity index (χ1) is 9.02. The minimum Gasteiger partial charge on any atom is -0.467 e. The summed E-state index contributed by atoms with van der Waals surface area (Å²) < 4.78 is 4.72. The van der Waals surface area contributed by atoms with E-state index in [1.165, 1.54) is 46.1 Å². The maximum atomic E-state index is 11.6. The van der Waals surface area contributed by atoms with Gasteiger partial charge in [0.15, 0.2) is 0 Å². The fourth-order valence-corrected chi connectivity index (χ4v) is 2.76. The average molecular weight is 270 g/mol. The summed E-state index contributed by atoms with van der Waals surface area (Å²) in [5.74, 6) is 0.126. The van der Waals surface area contributed by atoms with E-state index < -0.39 is 6.04 Å². The van der Waals surface area contributed by atoms with Gasteiger partial charge in [0.2, 0.25) is 5.91 Å². The van der Waals surface area contributed by atoms with Crippen molar-refractivity contribution in [2.24, 2.45) is 5.92 Å². The number of nitrogens with one attached hydrogen (secondary N) is 1.